The van der Waals surface area contributed by atoms with Crippen LogP contribution in [0.4, 0.5) is 5.13 Å². The fourth-order valence-electron chi connectivity index (χ4n) is 9.30. The number of nitrogens with one attached hydrogen (secondary N) is 2. The highest BCUT2D eigenvalue weighted by Gasteiger charge is 2.55. The van der Waals surface area contributed by atoms with Crippen LogP contribution < -0.4 is 15.4 Å². The highest BCUT2D eigenvalue weighted by Crippen LogP contribution is 2.44. The lowest BCUT2D eigenvalue weighted by atomic mass is 9.77. The van der Waals surface area contributed by atoms with Crippen LogP contribution in [0.2, 0.25) is 0 Å². The summed E-state index contributed by atoms with van der Waals surface area (Å²) in [4.78, 5) is 57.0. The number of ether oxygens (including phenoxy) is 2. The Bertz CT molecular complexity index is 3060. The molecule has 364 valence electrons. The first-order chi connectivity index (χ1) is 35.8. The van der Waals surface area contributed by atoms with Gasteiger partial charge in [0.15, 0.2) is 10.8 Å². The molecule has 2 N–H and O–H groups in total. The van der Waals surface area contributed by atoms with Crippen LogP contribution in [-0.2, 0) is 41.7 Å². The van der Waals surface area contributed by atoms with Gasteiger partial charge in [0.05, 0.1) is 7.11 Å². The van der Waals surface area contributed by atoms with Crippen LogP contribution in [0.15, 0.2) is 228 Å². The zero-order chi connectivity index (χ0) is 50.2. The number of aromatic nitrogens is 1. The Labute approximate surface area is 445 Å². The Hall–Kier alpha value is -7.53. The minimum absolute atomic E-state index is 0.00473. The second-order valence-corrected chi connectivity index (χ2v) is 19.9. The molecule has 73 heavy (non-hydrogen) atoms. The molecule has 2 amide bonds. The van der Waals surface area contributed by atoms with Gasteiger partial charge < -0.3 is 24.9 Å². The van der Waals surface area contributed by atoms with Gasteiger partial charge in [0.1, 0.15) is 40.7 Å². The van der Waals surface area contributed by atoms with Crippen LogP contribution in [0, 0.1) is 0 Å². The van der Waals surface area contributed by atoms with Crippen molar-refractivity contribution < 1.29 is 28.7 Å². The number of nitrogens with zero attached hydrogens (tertiary/aromatic N) is 3. The first kappa shape index (κ1) is 49.1. The number of carbonyl (C=O) groups is 3. The van der Waals surface area contributed by atoms with Crippen molar-refractivity contribution in [2.24, 2.45) is 5.16 Å². The Kier molecular flexibility index (Phi) is 14.8. The number of thioether (sulfide) groups is 1. The molecule has 1 saturated heterocycles. The number of anilines is 1. The molecule has 14 heteroatoms. The maximum atomic E-state index is 15.2. The largest absolute Gasteiger partial charge is 0.497 e. The van der Waals surface area contributed by atoms with Crippen LogP contribution in [-0.4, -0.2) is 62.1 Å². The number of alkyl halides is 1. The maximum Gasteiger partial charge on any atom is 0.355 e. The predicted molar refractivity (Wildman–Crippen MR) is 296 cm³/mol. The molecule has 2 atom stereocenters. The lowest BCUT2D eigenvalue weighted by molar-refractivity contribution is -0.153. The van der Waals surface area contributed by atoms with E-state index in [9.17, 15) is 9.59 Å². The average molecular weight is 1110 g/mol. The predicted octanol–water partition coefficient (Wildman–Crippen LogP) is 11.1. The van der Waals surface area contributed by atoms with Crippen LogP contribution in [0.1, 0.15) is 44.6 Å². The molecule has 0 aliphatic carbocycles. The smallest absolute Gasteiger partial charge is 0.355 e. The van der Waals surface area contributed by atoms with Crippen LogP contribution in [0.25, 0.3) is 0 Å². The minimum atomic E-state index is -1.35. The zero-order valence-corrected chi connectivity index (χ0v) is 43.3. The van der Waals surface area contributed by atoms with Crippen molar-refractivity contribution in [2.75, 3.05) is 22.6 Å². The van der Waals surface area contributed by atoms with E-state index in [1.807, 2.05) is 158 Å². The van der Waals surface area contributed by atoms with Gasteiger partial charge in [-0.25, -0.2) is 9.78 Å². The number of hydrogen-bond acceptors (Lipinski definition) is 11. The summed E-state index contributed by atoms with van der Waals surface area (Å²) in [6.45, 7) is 0.00473. The van der Waals surface area contributed by atoms with Crippen LogP contribution >= 0.6 is 45.7 Å². The standard InChI is InChI=1S/C59H48IN5O6S2/c1-69-48-34-32-40(33-35-48)37-70-56(68)52-41(36-60)38-72-55-51(54(67)65(52)55)62-53(66)50(64-71-59(45-26-14-5-15-27-45,46-28-16-6-17-29-46)47-30-18-7-19-31-47)49-39-73-57(61-49)63-58(42-20-8-2-9-21-42,43-22-10-3-11-23-43)44-24-12-4-13-25-44/h2-35,39,51,55H,36-38H2,1H3,(H,61,63)(H,62,66)/b64-50-/t51-,55-/m1/s1. The van der Waals surface area contributed by atoms with Crippen molar-refractivity contribution in [1.29, 1.82) is 0 Å². The second-order valence-electron chi connectivity index (χ2n) is 17.2. The number of halogens is 1. The molecule has 0 unspecified atom stereocenters. The van der Waals surface area contributed by atoms with Gasteiger partial charge in [0, 0.05) is 32.3 Å². The minimum Gasteiger partial charge on any atom is -0.497 e. The zero-order valence-electron chi connectivity index (χ0n) is 39.5. The number of hydrogen-bond donors (Lipinski definition) is 2. The van der Waals surface area contributed by atoms with E-state index in [2.05, 4.69) is 69.6 Å². The quantitative estimate of drug-likeness (QED) is 0.0164. The molecule has 0 saturated carbocycles. The topological polar surface area (TPSA) is 131 Å². The number of rotatable bonds is 18. The third kappa shape index (κ3) is 9.77. The fourth-order valence-corrected chi connectivity index (χ4v) is 12.4. The highest BCUT2D eigenvalue weighted by molar-refractivity contribution is 14.1. The SMILES string of the molecule is COc1ccc(COC(=O)C2=C(CI)CS[C@@H]3[C@H](NC(=O)/C(=N\OC(c4ccccc4)(c4ccccc4)c4ccccc4)c4csc(NC(c5ccccc5)(c5ccccc5)c5ccccc5)n4)C(=O)N23)cc1. The molecule has 10 rings (SSSR count). The number of esters is 1. The van der Waals surface area contributed by atoms with E-state index in [4.69, 9.17) is 24.5 Å². The summed E-state index contributed by atoms with van der Waals surface area (Å²) in [6, 6.07) is 65.9. The first-order valence-electron chi connectivity index (χ1n) is 23.5. The molecular formula is C59H48IN5O6S2. The number of oxime groups is 1. The van der Waals surface area contributed by atoms with Crippen molar-refractivity contribution in [3.63, 3.8) is 0 Å². The summed E-state index contributed by atoms with van der Waals surface area (Å²) in [7, 11) is 1.59. The first-order valence-corrected chi connectivity index (χ1v) is 27.0. The van der Waals surface area contributed by atoms with E-state index in [1.54, 1.807) is 24.6 Å². The molecule has 0 radical (unpaired) electrons. The Balaban J connectivity index is 1.03. The third-order valence-electron chi connectivity index (χ3n) is 12.9. The number of β-lactam (4-membered cyclic amide) rings is 1. The molecule has 8 aromatic rings. The van der Waals surface area contributed by atoms with E-state index in [-0.39, 0.29) is 23.7 Å². The molecule has 3 heterocycles. The molecule has 11 nitrogen and oxygen atoms in total. The molecule has 0 bridgehead atoms. The summed E-state index contributed by atoms with van der Waals surface area (Å²) in [5.41, 5.74) is 4.74. The molecule has 1 fully saturated rings. The van der Waals surface area contributed by atoms with Crippen molar-refractivity contribution in [3.8, 4) is 5.75 Å². The number of amides is 2. The van der Waals surface area contributed by atoms with Crippen molar-refractivity contribution in [1.82, 2.24) is 15.2 Å². The Morgan fingerprint density at radius 3 is 1.64 bits per heavy atom. The third-order valence-corrected chi connectivity index (χ3v) is 15.9. The van der Waals surface area contributed by atoms with Crippen LogP contribution in [0.5, 0.6) is 5.75 Å². The molecular weight excluding hydrogens is 1070 g/mol. The lowest BCUT2D eigenvalue weighted by Crippen LogP contribution is -2.71. The summed E-state index contributed by atoms with van der Waals surface area (Å²) < 4.78 is 11.6. The van der Waals surface area contributed by atoms with Gasteiger partial charge in [-0.05, 0) is 40.0 Å². The van der Waals surface area contributed by atoms with Gasteiger partial charge in [-0.1, -0.05) is 222 Å². The van der Waals surface area contributed by atoms with E-state index < -0.39 is 40.3 Å². The Morgan fingerprint density at radius 2 is 1.18 bits per heavy atom. The van der Waals surface area contributed by atoms with E-state index in [0.717, 1.165) is 44.5 Å². The van der Waals surface area contributed by atoms with E-state index in [0.29, 0.717) is 21.1 Å². The molecule has 2 aliphatic rings. The maximum absolute atomic E-state index is 15.2. The van der Waals surface area contributed by atoms with Gasteiger partial charge in [-0.15, -0.1) is 23.1 Å². The molecule has 7 aromatic carbocycles. The van der Waals surface area contributed by atoms with E-state index >= 15 is 4.79 Å². The van der Waals surface area contributed by atoms with Gasteiger partial charge in [0.2, 0.25) is 5.60 Å². The van der Waals surface area contributed by atoms with Crippen molar-refractivity contribution >= 4 is 74.3 Å². The number of methoxy groups -OCH3 is 1. The summed E-state index contributed by atoms with van der Waals surface area (Å²) in [6.07, 6.45) is 0. The fraction of sp³-hybridized carbons (Fsp3) is 0.136. The monoisotopic (exact) mass is 1110 g/mol. The van der Waals surface area contributed by atoms with Gasteiger partial charge >= 0.3 is 5.97 Å². The van der Waals surface area contributed by atoms with Crippen LogP contribution in [0.3, 0.4) is 0 Å². The average Bonchev–Trinajstić information content (AvgIpc) is 3.93. The van der Waals surface area contributed by atoms with Gasteiger partial charge in [0.25, 0.3) is 11.8 Å². The lowest BCUT2D eigenvalue weighted by Gasteiger charge is -2.49. The number of carbonyl (C=O) groups excluding carboxylic acids is 3. The van der Waals surface area contributed by atoms with Gasteiger partial charge in [-0.2, -0.15) is 0 Å². The highest BCUT2D eigenvalue weighted by atomic mass is 127. The summed E-state index contributed by atoms with van der Waals surface area (Å²) in [5, 5.41) is 13.3. The summed E-state index contributed by atoms with van der Waals surface area (Å²) >= 11 is 4.98. The number of thiazole rings is 1. The van der Waals surface area contributed by atoms with Crippen molar-refractivity contribution in [3.05, 3.63) is 268 Å². The molecule has 2 aliphatic heterocycles. The van der Waals surface area contributed by atoms with E-state index in [1.165, 1.54) is 28.0 Å². The van der Waals surface area contributed by atoms with Crippen molar-refractivity contribution in [2.45, 2.75) is 29.2 Å². The second kappa shape index (κ2) is 22.1. The molecule has 0 spiro atoms. The Morgan fingerprint density at radius 1 is 0.699 bits per heavy atom. The molecule has 1 aromatic heterocycles. The number of fused-ring (bicyclic) bond motifs is 1. The van der Waals surface area contributed by atoms with Gasteiger partial charge in [-0.3, -0.25) is 14.5 Å². The summed E-state index contributed by atoms with van der Waals surface area (Å²) in [5.74, 6) is -0.605. The number of benzene rings is 7. The normalized spacial score (nSPS) is 15.7.